The number of allylic oxidation sites excluding steroid dienone is 2. The molecule has 0 aromatic heterocycles. The van der Waals surface area contributed by atoms with Gasteiger partial charge < -0.3 is 10.1 Å². The second-order valence-corrected chi connectivity index (χ2v) is 7.82. The first-order valence-corrected chi connectivity index (χ1v) is 9.52. The van der Waals surface area contributed by atoms with Crippen molar-refractivity contribution in [2.75, 3.05) is 11.9 Å². The smallest absolute Gasteiger partial charge is 0.329 e. The van der Waals surface area contributed by atoms with Crippen LogP contribution >= 0.6 is 11.6 Å². The summed E-state index contributed by atoms with van der Waals surface area (Å²) in [5.41, 5.74) is 0.513. The molecule has 0 unspecified atom stereocenters. The Bertz CT molecular complexity index is 851. The molecule has 3 aliphatic rings. The summed E-state index contributed by atoms with van der Waals surface area (Å²) in [5, 5.41) is 3.11. The lowest BCUT2D eigenvalue weighted by Gasteiger charge is -2.23. The monoisotopic (exact) mass is 402 g/mol. The molecule has 7 nitrogen and oxygen atoms in total. The van der Waals surface area contributed by atoms with Crippen LogP contribution in [0.15, 0.2) is 36.4 Å². The van der Waals surface area contributed by atoms with Crippen molar-refractivity contribution in [2.24, 2.45) is 23.7 Å². The highest BCUT2D eigenvalue weighted by atomic mass is 35.5. The summed E-state index contributed by atoms with van der Waals surface area (Å²) in [6, 6.07) is 5.41. The van der Waals surface area contributed by atoms with Crippen molar-refractivity contribution in [2.45, 2.75) is 19.4 Å². The minimum Gasteiger partial charge on any atom is -0.454 e. The number of benzene rings is 1. The molecule has 28 heavy (non-hydrogen) atoms. The number of ether oxygens (including phenoxy) is 1. The molecule has 1 saturated heterocycles. The van der Waals surface area contributed by atoms with Gasteiger partial charge in [-0.25, -0.2) is 4.79 Å². The quantitative estimate of drug-likeness (QED) is 0.462. The zero-order valence-corrected chi connectivity index (χ0v) is 15.9. The average Bonchev–Trinajstić information content (AvgIpc) is 3.35. The molecular weight excluding hydrogens is 384 g/mol. The third-order valence-electron chi connectivity index (χ3n) is 5.71. The number of rotatable bonds is 5. The van der Waals surface area contributed by atoms with Gasteiger partial charge in [0.05, 0.1) is 11.8 Å². The predicted octanol–water partition coefficient (Wildman–Crippen LogP) is 2.02. The van der Waals surface area contributed by atoms with Crippen LogP contribution in [0.2, 0.25) is 5.02 Å². The van der Waals surface area contributed by atoms with Crippen molar-refractivity contribution < 1.29 is 23.9 Å². The molecule has 1 N–H and O–H groups in total. The number of carbonyl (C=O) groups is 4. The van der Waals surface area contributed by atoms with E-state index in [1.165, 1.54) is 6.92 Å². The van der Waals surface area contributed by atoms with Gasteiger partial charge in [0, 0.05) is 10.7 Å². The summed E-state index contributed by atoms with van der Waals surface area (Å²) in [6.45, 7) is 0.938. The minimum atomic E-state index is -1.06. The summed E-state index contributed by atoms with van der Waals surface area (Å²) in [7, 11) is 0. The number of amides is 3. The normalized spacial score (nSPS) is 28.4. The summed E-state index contributed by atoms with van der Waals surface area (Å²) in [4.78, 5) is 50.7. The molecule has 5 atom stereocenters. The first-order valence-electron chi connectivity index (χ1n) is 9.14. The number of nitrogens with one attached hydrogen (secondary N) is 1. The number of hydrogen-bond acceptors (Lipinski definition) is 5. The lowest BCUT2D eigenvalue weighted by atomic mass is 9.85. The molecule has 1 saturated carbocycles. The molecule has 1 aromatic rings. The fraction of sp³-hybridized carbons (Fsp3) is 0.400. The van der Waals surface area contributed by atoms with E-state index in [1.807, 2.05) is 12.2 Å². The van der Waals surface area contributed by atoms with E-state index in [1.54, 1.807) is 24.3 Å². The predicted molar refractivity (Wildman–Crippen MR) is 100 cm³/mol. The standard InChI is InChI=1S/C20H19ClN2O5/c1-10(20(27)28-9-15(24)22-14-6-4-13(21)5-7-14)23-18(25)16-11-2-3-12(8-11)17(16)19(23)26/h2-7,10-12,16-17H,8-9H2,1H3,(H,22,24)/t10-,11+,12+,16-,17+/m1/s1. The van der Waals surface area contributed by atoms with Crippen molar-refractivity contribution in [3.05, 3.63) is 41.4 Å². The summed E-state index contributed by atoms with van der Waals surface area (Å²) >= 11 is 5.78. The van der Waals surface area contributed by atoms with Crippen LogP contribution < -0.4 is 5.32 Å². The van der Waals surface area contributed by atoms with Crippen molar-refractivity contribution in [3.63, 3.8) is 0 Å². The SMILES string of the molecule is C[C@H](C(=O)OCC(=O)Nc1ccc(Cl)cc1)N1C(=O)[C@@H]2[C@H](C1=O)[C@H]1C=C[C@H]2C1. The average molecular weight is 403 g/mol. The van der Waals surface area contributed by atoms with Crippen LogP contribution in [0, 0.1) is 23.7 Å². The van der Waals surface area contributed by atoms with Crippen molar-refractivity contribution in [3.8, 4) is 0 Å². The van der Waals surface area contributed by atoms with E-state index in [2.05, 4.69) is 5.32 Å². The van der Waals surface area contributed by atoms with Gasteiger partial charge in [-0.2, -0.15) is 0 Å². The highest BCUT2D eigenvalue weighted by Crippen LogP contribution is 2.52. The Morgan fingerprint density at radius 3 is 2.29 bits per heavy atom. The fourth-order valence-electron chi connectivity index (χ4n) is 4.40. The van der Waals surface area contributed by atoms with E-state index < -0.39 is 24.5 Å². The molecule has 146 valence electrons. The molecule has 2 bridgehead atoms. The van der Waals surface area contributed by atoms with Crippen LogP contribution in [0.3, 0.4) is 0 Å². The Morgan fingerprint density at radius 1 is 1.14 bits per heavy atom. The first-order chi connectivity index (χ1) is 13.4. The van der Waals surface area contributed by atoms with E-state index in [-0.39, 0.29) is 35.5 Å². The number of hydrogen-bond donors (Lipinski definition) is 1. The van der Waals surface area contributed by atoms with E-state index in [0.29, 0.717) is 10.7 Å². The number of halogens is 1. The van der Waals surface area contributed by atoms with E-state index in [4.69, 9.17) is 16.3 Å². The van der Waals surface area contributed by atoms with Crippen molar-refractivity contribution >= 4 is 41.0 Å². The molecule has 1 aliphatic heterocycles. The Kier molecular flexibility index (Phi) is 4.71. The second-order valence-electron chi connectivity index (χ2n) is 7.39. The van der Waals surface area contributed by atoms with Gasteiger partial charge in [-0.1, -0.05) is 23.8 Å². The number of carbonyl (C=O) groups excluding carboxylic acids is 4. The molecule has 3 amide bonds. The number of esters is 1. The fourth-order valence-corrected chi connectivity index (χ4v) is 4.53. The molecule has 1 heterocycles. The van der Waals surface area contributed by atoms with Crippen LogP contribution in [0.4, 0.5) is 5.69 Å². The number of fused-ring (bicyclic) bond motifs is 5. The Hall–Kier alpha value is -2.67. The maximum Gasteiger partial charge on any atom is 0.329 e. The van der Waals surface area contributed by atoms with Crippen LogP contribution in [-0.4, -0.2) is 41.2 Å². The minimum absolute atomic E-state index is 0.0739. The largest absolute Gasteiger partial charge is 0.454 e. The molecule has 2 fully saturated rings. The lowest BCUT2D eigenvalue weighted by molar-refractivity contribution is -0.159. The van der Waals surface area contributed by atoms with E-state index in [0.717, 1.165) is 11.3 Å². The van der Waals surface area contributed by atoms with Gasteiger partial charge in [0.15, 0.2) is 6.61 Å². The maximum atomic E-state index is 12.7. The van der Waals surface area contributed by atoms with Gasteiger partial charge >= 0.3 is 5.97 Å². The van der Waals surface area contributed by atoms with Crippen LogP contribution in [0.1, 0.15) is 13.3 Å². The molecule has 2 aliphatic carbocycles. The number of imide groups is 1. The highest BCUT2D eigenvalue weighted by molar-refractivity contribution is 6.30. The van der Waals surface area contributed by atoms with Gasteiger partial charge in [0.2, 0.25) is 11.8 Å². The van der Waals surface area contributed by atoms with E-state index in [9.17, 15) is 19.2 Å². The Labute approximate surface area is 166 Å². The van der Waals surface area contributed by atoms with Crippen LogP contribution in [0.5, 0.6) is 0 Å². The van der Waals surface area contributed by atoms with Crippen LogP contribution in [0.25, 0.3) is 0 Å². The van der Waals surface area contributed by atoms with Gasteiger partial charge in [-0.15, -0.1) is 0 Å². The van der Waals surface area contributed by atoms with Gasteiger partial charge in [-0.3, -0.25) is 19.3 Å². The molecular formula is C20H19ClN2O5. The van der Waals surface area contributed by atoms with Crippen molar-refractivity contribution in [1.82, 2.24) is 4.90 Å². The van der Waals surface area contributed by atoms with E-state index >= 15 is 0 Å². The summed E-state index contributed by atoms with van der Waals surface area (Å²) in [5.74, 6) is -2.54. The second kappa shape index (κ2) is 7.05. The third-order valence-corrected chi connectivity index (χ3v) is 5.96. The third kappa shape index (κ3) is 3.09. The molecule has 1 aromatic carbocycles. The molecule has 4 rings (SSSR count). The van der Waals surface area contributed by atoms with Gasteiger partial charge in [0.1, 0.15) is 6.04 Å². The lowest BCUT2D eigenvalue weighted by Crippen LogP contribution is -2.45. The van der Waals surface area contributed by atoms with Gasteiger partial charge in [0.25, 0.3) is 5.91 Å². The maximum absolute atomic E-state index is 12.7. The number of likely N-dealkylation sites (tertiary alicyclic amines) is 1. The zero-order valence-electron chi connectivity index (χ0n) is 15.1. The van der Waals surface area contributed by atoms with Crippen molar-refractivity contribution in [1.29, 1.82) is 0 Å². The number of nitrogens with zero attached hydrogens (tertiary/aromatic N) is 1. The zero-order chi connectivity index (χ0) is 20.0. The summed E-state index contributed by atoms with van der Waals surface area (Å²) in [6.07, 6.45) is 4.81. The Balaban J connectivity index is 1.34. The topological polar surface area (TPSA) is 92.8 Å². The summed E-state index contributed by atoms with van der Waals surface area (Å²) < 4.78 is 5.02. The Morgan fingerprint density at radius 2 is 1.71 bits per heavy atom. The first kappa shape index (κ1) is 18.7. The highest BCUT2D eigenvalue weighted by Gasteiger charge is 2.60. The van der Waals surface area contributed by atoms with Gasteiger partial charge in [-0.05, 0) is 49.4 Å². The molecule has 8 heteroatoms. The molecule has 0 spiro atoms. The van der Waals surface area contributed by atoms with Crippen LogP contribution in [-0.2, 0) is 23.9 Å². The number of anilines is 1. The molecule has 0 radical (unpaired) electrons.